The van der Waals surface area contributed by atoms with E-state index in [2.05, 4.69) is 35.5 Å². The third-order valence-corrected chi connectivity index (χ3v) is 5.74. The van der Waals surface area contributed by atoms with Gasteiger partial charge in [-0.05, 0) is 43.0 Å². The molecule has 1 aliphatic carbocycles. The van der Waals surface area contributed by atoms with Gasteiger partial charge in [0.1, 0.15) is 17.6 Å². The van der Waals surface area contributed by atoms with Crippen LogP contribution in [-0.2, 0) is 0 Å². The fraction of sp³-hybridized carbons (Fsp3) is 0.417. The standard InChI is InChI=1S/C24H28ClFN4O2/c1-15(2)14-30(18-6-4-3-5-7-18)23-16(13-27)10-19(31)12-22(23)29-24(32)28-21-9-8-17(25)11-20(21)26/h8-12,15,18,31H,3-7,14H2,1-2H3,(H2,28,29,32). The molecule has 8 heteroatoms. The first-order valence-electron chi connectivity index (χ1n) is 10.8. The lowest BCUT2D eigenvalue weighted by Crippen LogP contribution is -2.40. The first-order chi connectivity index (χ1) is 15.3. The normalized spacial score (nSPS) is 14.1. The van der Waals surface area contributed by atoms with Gasteiger partial charge in [-0.1, -0.05) is 44.7 Å². The van der Waals surface area contributed by atoms with Gasteiger partial charge in [0.05, 0.1) is 22.6 Å². The van der Waals surface area contributed by atoms with Crippen LogP contribution in [-0.4, -0.2) is 23.7 Å². The van der Waals surface area contributed by atoms with E-state index in [1.54, 1.807) is 0 Å². The number of nitriles is 1. The number of halogens is 2. The van der Waals surface area contributed by atoms with Crippen LogP contribution < -0.4 is 15.5 Å². The van der Waals surface area contributed by atoms with Gasteiger partial charge in [-0.25, -0.2) is 9.18 Å². The number of anilines is 3. The maximum atomic E-state index is 14.1. The third kappa shape index (κ3) is 5.83. The van der Waals surface area contributed by atoms with Gasteiger partial charge in [-0.2, -0.15) is 5.26 Å². The van der Waals surface area contributed by atoms with E-state index in [1.165, 1.54) is 30.7 Å². The molecule has 0 radical (unpaired) electrons. The van der Waals surface area contributed by atoms with Crippen molar-refractivity contribution in [1.29, 1.82) is 5.26 Å². The van der Waals surface area contributed by atoms with Crippen LogP contribution in [0.1, 0.15) is 51.5 Å². The molecule has 0 spiro atoms. The average Bonchev–Trinajstić information content (AvgIpc) is 2.74. The van der Waals surface area contributed by atoms with Crippen LogP contribution in [0.25, 0.3) is 0 Å². The summed E-state index contributed by atoms with van der Waals surface area (Å²) in [4.78, 5) is 14.9. The van der Waals surface area contributed by atoms with Crippen LogP contribution in [0.3, 0.4) is 0 Å². The van der Waals surface area contributed by atoms with Gasteiger partial charge in [0.15, 0.2) is 0 Å². The second kappa shape index (κ2) is 10.6. The number of benzene rings is 2. The lowest BCUT2D eigenvalue weighted by atomic mass is 9.92. The van der Waals surface area contributed by atoms with E-state index in [1.807, 2.05) is 0 Å². The van der Waals surface area contributed by atoms with E-state index in [-0.39, 0.29) is 28.1 Å². The zero-order valence-corrected chi connectivity index (χ0v) is 19.0. The highest BCUT2D eigenvalue weighted by molar-refractivity contribution is 6.30. The molecule has 0 heterocycles. The summed E-state index contributed by atoms with van der Waals surface area (Å²) in [6.45, 7) is 4.91. The quantitative estimate of drug-likeness (QED) is 0.461. The van der Waals surface area contributed by atoms with E-state index in [0.29, 0.717) is 23.8 Å². The smallest absolute Gasteiger partial charge is 0.323 e. The van der Waals surface area contributed by atoms with Gasteiger partial charge in [-0.3, -0.25) is 0 Å². The fourth-order valence-corrected chi connectivity index (χ4v) is 4.34. The van der Waals surface area contributed by atoms with E-state index < -0.39 is 11.8 Å². The van der Waals surface area contributed by atoms with Crippen LogP contribution in [0, 0.1) is 23.1 Å². The maximum Gasteiger partial charge on any atom is 0.323 e. The van der Waals surface area contributed by atoms with Crippen LogP contribution in [0.5, 0.6) is 5.75 Å². The summed E-state index contributed by atoms with van der Waals surface area (Å²) in [7, 11) is 0. The van der Waals surface area contributed by atoms with Gasteiger partial charge in [0, 0.05) is 23.7 Å². The highest BCUT2D eigenvalue weighted by Gasteiger charge is 2.27. The summed E-state index contributed by atoms with van der Waals surface area (Å²) in [5.41, 5.74) is 1.14. The number of phenolic OH excluding ortho intramolecular Hbond substituents is 1. The van der Waals surface area contributed by atoms with Crippen molar-refractivity contribution in [3.8, 4) is 11.8 Å². The Kier molecular flexibility index (Phi) is 7.81. The van der Waals surface area contributed by atoms with Crippen molar-refractivity contribution in [3.05, 3.63) is 46.7 Å². The Balaban J connectivity index is 1.96. The van der Waals surface area contributed by atoms with Crippen molar-refractivity contribution in [2.75, 3.05) is 22.1 Å². The molecule has 1 aliphatic rings. The lowest BCUT2D eigenvalue weighted by Gasteiger charge is -2.39. The molecule has 3 N–H and O–H groups in total. The third-order valence-electron chi connectivity index (χ3n) is 5.51. The molecule has 0 bridgehead atoms. The molecular weight excluding hydrogens is 431 g/mol. The molecule has 2 amide bonds. The lowest BCUT2D eigenvalue weighted by molar-refractivity contribution is 0.262. The largest absolute Gasteiger partial charge is 0.508 e. The Labute approximate surface area is 193 Å². The number of rotatable bonds is 6. The number of hydrogen-bond donors (Lipinski definition) is 3. The number of phenols is 1. The van der Waals surface area contributed by atoms with Crippen LogP contribution in [0.15, 0.2) is 30.3 Å². The Morgan fingerprint density at radius 2 is 1.91 bits per heavy atom. The highest BCUT2D eigenvalue weighted by Crippen LogP contribution is 2.38. The minimum atomic E-state index is -0.685. The number of aromatic hydroxyl groups is 1. The SMILES string of the molecule is CC(C)CN(c1c(C#N)cc(O)cc1NC(=O)Nc1ccc(Cl)cc1F)C1CCCCC1. The van der Waals surface area contributed by atoms with E-state index in [4.69, 9.17) is 11.6 Å². The molecule has 1 fully saturated rings. The molecule has 170 valence electrons. The Morgan fingerprint density at radius 3 is 2.53 bits per heavy atom. The molecule has 0 aromatic heterocycles. The van der Waals surface area contributed by atoms with E-state index in [9.17, 15) is 19.6 Å². The monoisotopic (exact) mass is 458 g/mol. The van der Waals surface area contributed by atoms with Crippen LogP contribution in [0.2, 0.25) is 5.02 Å². The molecule has 2 aromatic carbocycles. The predicted molar refractivity (Wildman–Crippen MR) is 126 cm³/mol. The molecular formula is C24H28ClFN4O2. The first kappa shape index (κ1) is 23.7. The molecule has 1 saturated carbocycles. The second-order valence-electron chi connectivity index (χ2n) is 8.54. The molecule has 6 nitrogen and oxygen atoms in total. The fourth-order valence-electron chi connectivity index (χ4n) is 4.18. The predicted octanol–water partition coefficient (Wildman–Crippen LogP) is 6.50. The average molecular weight is 459 g/mol. The second-order valence-corrected chi connectivity index (χ2v) is 8.98. The number of amides is 2. The highest BCUT2D eigenvalue weighted by atomic mass is 35.5. The molecule has 2 aromatic rings. The van der Waals surface area contributed by atoms with E-state index >= 15 is 0 Å². The van der Waals surface area contributed by atoms with Crippen molar-refractivity contribution in [3.63, 3.8) is 0 Å². The van der Waals surface area contributed by atoms with Crippen molar-refractivity contribution >= 4 is 34.7 Å². The number of carbonyl (C=O) groups excluding carboxylic acids is 1. The van der Waals surface area contributed by atoms with E-state index in [0.717, 1.165) is 31.7 Å². The number of urea groups is 1. The minimum Gasteiger partial charge on any atom is -0.508 e. The van der Waals surface area contributed by atoms with Crippen LogP contribution >= 0.6 is 11.6 Å². The van der Waals surface area contributed by atoms with Gasteiger partial charge in [0.2, 0.25) is 0 Å². The Hall–Kier alpha value is -2.98. The minimum absolute atomic E-state index is 0.0274. The zero-order chi connectivity index (χ0) is 23.3. The Bertz CT molecular complexity index is 1020. The number of nitrogens with zero attached hydrogens (tertiary/aromatic N) is 2. The number of carbonyl (C=O) groups is 1. The molecule has 3 rings (SSSR count). The van der Waals surface area contributed by atoms with Crippen molar-refractivity contribution < 1.29 is 14.3 Å². The van der Waals surface area contributed by atoms with Crippen molar-refractivity contribution in [2.24, 2.45) is 5.92 Å². The molecule has 0 atom stereocenters. The summed E-state index contributed by atoms with van der Waals surface area (Å²) in [5.74, 6) is -0.473. The maximum absolute atomic E-state index is 14.1. The van der Waals surface area contributed by atoms with Crippen LogP contribution in [0.4, 0.5) is 26.2 Å². The summed E-state index contributed by atoms with van der Waals surface area (Å²) in [5, 5.41) is 25.4. The topological polar surface area (TPSA) is 88.4 Å². The molecule has 32 heavy (non-hydrogen) atoms. The van der Waals surface area contributed by atoms with Crippen molar-refractivity contribution in [2.45, 2.75) is 52.0 Å². The van der Waals surface area contributed by atoms with Gasteiger partial charge in [0.25, 0.3) is 0 Å². The summed E-state index contributed by atoms with van der Waals surface area (Å²) < 4.78 is 14.1. The number of nitrogens with one attached hydrogen (secondary N) is 2. The van der Waals surface area contributed by atoms with Gasteiger partial charge >= 0.3 is 6.03 Å². The van der Waals surface area contributed by atoms with Gasteiger partial charge in [-0.15, -0.1) is 0 Å². The first-order valence-corrected chi connectivity index (χ1v) is 11.2. The summed E-state index contributed by atoms with van der Waals surface area (Å²) >= 11 is 5.77. The zero-order valence-electron chi connectivity index (χ0n) is 18.3. The van der Waals surface area contributed by atoms with Crippen molar-refractivity contribution in [1.82, 2.24) is 0 Å². The summed E-state index contributed by atoms with van der Waals surface area (Å²) in [6.07, 6.45) is 5.41. The summed E-state index contributed by atoms with van der Waals surface area (Å²) in [6, 6.07) is 8.49. The molecule has 0 unspecified atom stereocenters. The Morgan fingerprint density at radius 1 is 1.22 bits per heavy atom. The molecule has 0 aliphatic heterocycles. The number of hydrogen-bond acceptors (Lipinski definition) is 4. The molecule has 0 saturated heterocycles. The van der Waals surface area contributed by atoms with Gasteiger partial charge < -0.3 is 20.6 Å².